The molecule has 2 aliphatic rings. The van der Waals surface area contributed by atoms with Gasteiger partial charge in [0, 0.05) is 37.3 Å². The summed E-state index contributed by atoms with van der Waals surface area (Å²) in [5, 5.41) is 17.3. The first-order valence-corrected chi connectivity index (χ1v) is 11.9. The fraction of sp³-hybridized carbons (Fsp3) is 0.583. The lowest BCUT2D eigenvalue weighted by Gasteiger charge is -2.30. The van der Waals surface area contributed by atoms with Gasteiger partial charge in [-0.15, -0.1) is 0 Å². The highest BCUT2D eigenvalue weighted by Gasteiger charge is 2.24. The summed E-state index contributed by atoms with van der Waals surface area (Å²) in [5.74, 6) is 2.77. The highest BCUT2D eigenvalue weighted by molar-refractivity contribution is 6.31. The van der Waals surface area contributed by atoms with Crippen LogP contribution >= 0.6 is 11.6 Å². The SMILES string of the molecule is CN(C)c1nc(NC2CCC(CNCc3ccc(O)cc3Cl)CC2)nc2c1CCCC2. The van der Waals surface area contributed by atoms with Crippen LogP contribution in [-0.2, 0) is 19.4 Å². The summed E-state index contributed by atoms with van der Waals surface area (Å²) in [6.45, 7) is 1.72. The molecule has 168 valence electrons. The van der Waals surface area contributed by atoms with Crippen molar-refractivity contribution in [1.82, 2.24) is 15.3 Å². The summed E-state index contributed by atoms with van der Waals surface area (Å²) in [6, 6.07) is 5.61. The molecule has 1 saturated carbocycles. The number of aryl methyl sites for hydroxylation is 1. The van der Waals surface area contributed by atoms with Crippen molar-refractivity contribution < 1.29 is 5.11 Å². The first-order valence-electron chi connectivity index (χ1n) is 11.5. The quantitative estimate of drug-likeness (QED) is 0.583. The smallest absolute Gasteiger partial charge is 0.225 e. The highest BCUT2D eigenvalue weighted by Crippen LogP contribution is 2.30. The third-order valence-electron chi connectivity index (χ3n) is 6.55. The summed E-state index contributed by atoms with van der Waals surface area (Å²) in [4.78, 5) is 11.9. The molecular formula is C24H34ClN5O. The molecule has 2 aromatic rings. The third kappa shape index (κ3) is 5.60. The van der Waals surface area contributed by atoms with Gasteiger partial charge in [0.2, 0.25) is 5.95 Å². The molecule has 2 aliphatic carbocycles. The van der Waals surface area contributed by atoms with Crippen LogP contribution in [0.3, 0.4) is 0 Å². The fourth-order valence-electron chi connectivity index (χ4n) is 4.79. The van der Waals surface area contributed by atoms with Crippen molar-refractivity contribution in [2.75, 3.05) is 30.9 Å². The molecule has 6 nitrogen and oxygen atoms in total. The number of phenols is 1. The maximum Gasteiger partial charge on any atom is 0.225 e. The largest absolute Gasteiger partial charge is 0.508 e. The Morgan fingerprint density at radius 1 is 1.10 bits per heavy atom. The van der Waals surface area contributed by atoms with Crippen LogP contribution in [0.4, 0.5) is 11.8 Å². The molecule has 1 fully saturated rings. The molecule has 0 unspecified atom stereocenters. The molecule has 1 aromatic carbocycles. The van der Waals surface area contributed by atoms with Crippen LogP contribution in [0.25, 0.3) is 0 Å². The number of nitrogens with zero attached hydrogens (tertiary/aromatic N) is 3. The van der Waals surface area contributed by atoms with Gasteiger partial charge in [-0.3, -0.25) is 0 Å². The first kappa shape index (κ1) is 22.2. The van der Waals surface area contributed by atoms with Gasteiger partial charge in [0.15, 0.2) is 0 Å². The Hall–Kier alpha value is -2.05. The Morgan fingerprint density at radius 2 is 1.87 bits per heavy atom. The molecule has 0 radical (unpaired) electrons. The average molecular weight is 444 g/mol. The van der Waals surface area contributed by atoms with Crippen LogP contribution in [-0.4, -0.2) is 41.8 Å². The van der Waals surface area contributed by atoms with Gasteiger partial charge < -0.3 is 20.6 Å². The average Bonchev–Trinajstić information content (AvgIpc) is 2.76. The van der Waals surface area contributed by atoms with Crippen LogP contribution in [0.2, 0.25) is 5.02 Å². The van der Waals surface area contributed by atoms with Gasteiger partial charge in [-0.05, 0) is 81.5 Å². The van der Waals surface area contributed by atoms with Crippen molar-refractivity contribution in [1.29, 1.82) is 0 Å². The number of rotatable bonds is 7. The van der Waals surface area contributed by atoms with Crippen molar-refractivity contribution in [3.63, 3.8) is 0 Å². The lowest BCUT2D eigenvalue weighted by atomic mass is 9.86. The summed E-state index contributed by atoms with van der Waals surface area (Å²) in [5.41, 5.74) is 3.60. The minimum Gasteiger partial charge on any atom is -0.508 e. The van der Waals surface area contributed by atoms with E-state index in [1.165, 1.54) is 36.9 Å². The van der Waals surface area contributed by atoms with Gasteiger partial charge in [0.25, 0.3) is 0 Å². The zero-order valence-corrected chi connectivity index (χ0v) is 19.4. The molecule has 0 aliphatic heterocycles. The van der Waals surface area contributed by atoms with Gasteiger partial charge in [-0.1, -0.05) is 17.7 Å². The van der Waals surface area contributed by atoms with Crippen molar-refractivity contribution in [3.8, 4) is 5.75 Å². The topological polar surface area (TPSA) is 73.3 Å². The Balaban J connectivity index is 1.27. The summed E-state index contributed by atoms with van der Waals surface area (Å²) in [7, 11) is 4.15. The molecule has 0 spiro atoms. The number of hydrogen-bond acceptors (Lipinski definition) is 6. The molecular weight excluding hydrogens is 410 g/mol. The second-order valence-corrected chi connectivity index (χ2v) is 9.57. The number of phenolic OH excluding ortho intramolecular Hbond substituents is 1. The van der Waals surface area contributed by atoms with Crippen LogP contribution in [0.5, 0.6) is 5.75 Å². The van der Waals surface area contributed by atoms with Crippen LogP contribution < -0.4 is 15.5 Å². The monoisotopic (exact) mass is 443 g/mol. The maximum absolute atomic E-state index is 9.48. The Bertz CT molecular complexity index is 896. The minimum atomic E-state index is 0.209. The zero-order chi connectivity index (χ0) is 21.8. The standard InChI is InChI=1S/C24H34ClN5O/c1-30(2)23-20-5-3-4-6-22(20)28-24(29-23)27-18-10-7-16(8-11-18)14-26-15-17-9-12-19(31)13-21(17)25/h9,12-13,16,18,26,31H,3-8,10-11,14-15H2,1-2H3,(H,27,28,29). The molecule has 0 atom stereocenters. The third-order valence-corrected chi connectivity index (χ3v) is 6.90. The van der Waals surface area contributed by atoms with E-state index in [-0.39, 0.29) is 5.75 Å². The molecule has 31 heavy (non-hydrogen) atoms. The maximum atomic E-state index is 9.48. The van der Waals surface area contributed by atoms with Crippen molar-refractivity contribution in [2.45, 2.75) is 64.0 Å². The lowest BCUT2D eigenvalue weighted by molar-refractivity contribution is 0.323. The second-order valence-electron chi connectivity index (χ2n) is 9.17. The molecule has 0 bridgehead atoms. The van der Waals surface area contributed by atoms with Crippen LogP contribution in [0.15, 0.2) is 18.2 Å². The molecule has 0 amide bonds. The summed E-state index contributed by atoms with van der Waals surface area (Å²) >= 11 is 6.20. The normalized spacial score (nSPS) is 20.9. The Morgan fingerprint density at radius 3 is 2.61 bits per heavy atom. The number of aromatic nitrogens is 2. The van der Waals surface area contributed by atoms with Gasteiger partial charge >= 0.3 is 0 Å². The molecule has 1 aromatic heterocycles. The van der Waals surface area contributed by atoms with E-state index in [4.69, 9.17) is 21.6 Å². The molecule has 3 N–H and O–H groups in total. The minimum absolute atomic E-state index is 0.209. The Labute approximate surface area is 190 Å². The van der Waals surface area contributed by atoms with Gasteiger partial charge in [-0.2, -0.15) is 4.98 Å². The molecule has 4 rings (SSSR count). The van der Waals surface area contributed by atoms with E-state index in [0.29, 0.717) is 17.0 Å². The number of halogens is 1. The van der Waals surface area contributed by atoms with Crippen molar-refractivity contribution in [2.24, 2.45) is 5.92 Å². The zero-order valence-electron chi connectivity index (χ0n) is 18.6. The van der Waals surface area contributed by atoms with E-state index in [2.05, 4.69) is 29.6 Å². The highest BCUT2D eigenvalue weighted by atomic mass is 35.5. The lowest BCUT2D eigenvalue weighted by Crippen LogP contribution is -2.32. The van der Waals surface area contributed by atoms with Gasteiger partial charge in [0.05, 0.1) is 5.69 Å². The predicted molar refractivity (Wildman–Crippen MR) is 127 cm³/mol. The number of aromatic hydroxyl groups is 1. The summed E-state index contributed by atoms with van der Waals surface area (Å²) in [6.07, 6.45) is 9.30. The van der Waals surface area contributed by atoms with Gasteiger partial charge in [0.1, 0.15) is 11.6 Å². The van der Waals surface area contributed by atoms with E-state index in [1.807, 2.05) is 6.07 Å². The van der Waals surface area contributed by atoms with E-state index < -0.39 is 0 Å². The number of hydrogen-bond donors (Lipinski definition) is 3. The number of benzene rings is 1. The van der Waals surface area contributed by atoms with Gasteiger partial charge in [-0.25, -0.2) is 4.98 Å². The van der Waals surface area contributed by atoms with Crippen LogP contribution in [0, 0.1) is 5.92 Å². The van der Waals surface area contributed by atoms with Crippen molar-refractivity contribution >= 4 is 23.4 Å². The molecule has 7 heteroatoms. The van der Waals surface area contributed by atoms with E-state index >= 15 is 0 Å². The van der Waals surface area contributed by atoms with Crippen molar-refractivity contribution in [3.05, 3.63) is 40.0 Å². The number of anilines is 2. The van der Waals surface area contributed by atoms with Crippen LogP contribution in [0.1, 0.15) is 55.3 Å². The fourth-order valence-corrected chi connectivity index (χ4v) is 5.03. The number of fused-ring (bicyclic) bond motifs is 1. The Kier molecular flexibility index (Phi) is 7.18. The molecule has 0 saturated heterocycles. The number of nitrogens with one attached hydrogen (secondary N) is 2. The first-order chi connectivity index (χ1) is 15.0. The van der Waals surface area contributed by atoms with E-state index in [1.54, 1.807) is 12.1 Å². The van der Waals surface area contributed by atoms with E-state index in [9.17, 15) is 5.11 Å². The second kappa shape index (κ2) is 10.0. The van der Waals surface area contributed by atoms with E-state index in [0.717, 1.165) is 56.1 Å². The summed E-state index contributed by atoms with van der Waals surface area (Å²) < 4.78 is 0. The predicted octanol–water partition coefficient (Wildman–Crippen LogP) is 4.54. The molecule has 1 heterocycles.